The van der Waals surface area contributed by atoms with E-state index in [0.717, 1.165) is 60.4 Å². The lowest BCUT2D eigenvalue weighted by molar-refractivity contribution is -0.127. The lowest BCUT2D eigenvalue weighted by atomic mass is 10.2. The van der Waals surface area contributed by atoms with Crippen LogP contribution in [0.3, 0.4) is 0 Å². The minimum atomic E-state index is 0.300. The second kappa shape index (κ2) is 9.74. The summed E-state index contributed by atoms with van der Waals surface area (Å²) in [7, 11) is 0. The molecule has 0 unspecified atom stereocenters. The largest absolute Gasteiger partial charge is 0.489 e. The molecule has 26 heavy (non-hydrogen) atoms. The van der Waals surface area contributed by atoms with E-state index >= 15 is 0 Å². The van der Waals surface area contributed by atoms with E-state index in [0.29, 0.717) is 18.9 Å². The van der Waals surface area contributed by atoms with Gasteiger partial charge in [0.25, 0.3) is 0 Å². The van der Waals surface area contributed by atoms with Gasteiger partial charge >= 0.3 is 0 Å². The van der Waals surface area contributed by atoms with Gasteiger partial charge in [-0.25, -0.2) is 0 Å². The highest BCUT2D eigenvalue weighted by atomic mass is 79.9. The van der Waals surface area contributed by atoms with Crippen molar-refractivity contribution in [3.63, 3.8) is 0 Å². The molecule has 0 radical (unpaired) electrons. The molecule has 2 aromatic rings. The van der Waals surface area contributed by atoms with Crippen molar-refractivity contribution in [1.82, 2.24) is 10.2 Å². The fourth-order valence-electron chi connectivity index (χ4n) is 3.12. The van der Waals surface area contributed by atoms with Crippen LogP contribution in [0.25, 0.3) is 0 Å². The summed E-state index contributed by atoms with van der Waals surface area (Å²) in [5, 5.41) is 3.47. The summed E-state index contributed by atoms with van der Waals surface area (Å²) in [6.45, 7) is 3.96. The van der Waals surface area contributed by atoms with E-state index < -0.39 is 0 Å². The molecule has 0 spiro atoms. The fourth-order valence-corrected chi connectivity index (χ4v) is 3.53. The van der Waals surface area contributed by atoms with Gasteiger partial charge in [0.15, 0.2) is 0 Å². The van der Waals surface area contributed by atoms with E-state index in [1.54, 1.807) is 0 Å². The standard InChI is InChI=1S/C21H25BrN2O2/c22-19-9-10-20(26-16-17-6-2-1-3-7-17)18(14-19)15-23-11-5-13-24-12-4-8-21(24)25/h1-3,6-7,9-10,14,23H,4-5,8,11-13,15-16H2. The highest BCUT2D eigenvalue weighted by molar-refractivity contribution is 9.10. The number of halogens is 1. The van der Waals surface area contributed by atoms with Crippen molar-refractivity contribution in [2.75, 3.05) is 19.6 Å². The smallest absolute Gasteiger partial charge is 0.222 e. The van der Waals surface area contributed by atoms with Gasteiger partial charge in [-0.3, -0.25) is 4.79 Å². The van der Waals surface area contributed by atoms with Crippen molar-refractivity contribution in [1.29, 1.82) is 0 Å². The summed E-state index contributed by atoms with van der Waals surface area (Å²) in [6.07, 6.45) is 2.69. The summed E-state index contributed by atoms with van der Waals surface area (Å²) in [5.74, 6) is 1.20. The third kappa shape index (κ3) is 5.58. The molecular formula is C21H25BrN2O2. The monoisotopic (exact) mass is 416 g/mol. The van der Waals surface area contributed by atoms with Crippen LogP contribution in [0.2, 0.25) is 0 Å². The number of rotatable bonds is 9. The Hall–Kier alpha value is -1.85. The Morgan fingerprint density at radius 3 is 2.77 bits per heavy atom. The quantitative estimate of drug-likeness (QED) is 0.624. The third-order valence-corrected chi connectivity index (χ3v) is 5.02. The first-order valence-electron chi connectivity index (χ1n) is 9.16. The maximum Gasteiger partial charge on any atom is 0.222 e. The van der Waals surface area contributed by atoms with Crippen molar-refractivity contribution < 1.29 is 9.53 Å². The Balaban J connectivity index is 1.47. The van der Waals surface area contributed by atoms with Gasteiger partial charge in [-0.05, 0) is 43.1 Å². The van der Waals surface area contributed by atoms with Gasteiger partial charge in [0.05, 0.1) is 0 Å². The number of carbonyl (C=O) groups is 1. The molecule has 2 aromatic carbocycles. The van der Waals surface area contributed by atoms with Crippen LogP contribution in [0, 0.1) is 0 Å². The maximum absolute atomic E-state index is 11.6. The molecule has 1 aliphatic rings. The van der Waals surface area contributed by atoms with Crippen LogP contribution in [0.15, 0.2) is 53.0 Å². The number of ether oxygens (including phenoxy) is 1. The molecule has 138 valence electrons. The number of carbonyl (C=O) groups excluding carboxylic acids is 1. The summed E-state index contributed by atoms with van der Waals surface area (Å²) in [4.78, 5) is 13.6. The Kier molecular flexibility index (Phi) is 7.09. The molecular weight excluding hydrogens is 392 g/mol. The minimum absolute atomic E-state index is 0.300. The first-order valence-corrected chi connectivity index (χ1v) is 9.95. The van der Waals surface area contributed by atoms with Crippen molar-refractivity contribution in [2.24, 2.45) is 0 Å². The van der Waals surface area contributed by atoms with Gasteiger partial charge in [-0.15, -0.1) is 0 Å². The molecule has 3 rings (SSSR count). The first-order chi connectivity index (χ1) is 12.7. The Bertz CT molecular complexity index is 721. The molecule has 0 aromatic heterocycles. The zero-order valence-corrected chi connectivity index (χ0v) is 16.5. The van der Waals surface area contributed by atoms with Crippen molar-refractivity contribution in [2.45, 2.75) is 32.4 Å². The molecule has 1 saturated heterocycles. The lowest BCUT2D eigenvalue weighted by Crippen LogP contribution is -2.28. The first kappa shape index (κ1) is 18.9. The van der Waals surface area contributed by atoms with E-state index in [9.17, 15) is 4.79 Å². The number of benzene rings is 2. The van der Waals surface area contributed by atoms with Gasteiger partial charge in [0.2, 0.25) is 5.91 Å². The molecule has 1 N–H and O–H groups in total. The van der Waals surface area contributed by atoms with Crippen molar-refractivity contribution >= 4 is 21.8 Å². The molecule has 1 aliphatic heterocycles. The predicted molar refractivity (Wildman–Crippen MR) is 107 cm³/mol. The van der Waals surface area contributed by atoms with Crippen LogP contribution in [0.4, 0.5) is 0 Å². The molecule has 4 nitrogen and oxygen atoms in total. The lowest BCUT2D eigenvalue weighted by Gasteiger charge is -2.16. The molecule has 1 heterocycles. The number of nitrogens with zero attached hydrogens (tertiary/aromatic N) is 1. The van der Waals surface area contributed by atoms with Crippen molar-refractivity contribution in [3.05, 3.63) is 64.1 Å². The fraction of sp³-hybridized carbons (Fsp3) is 0.381. The summed E-state index contributed by atoms with van der Waals surface area (Å²) in [5.41, 5.74) is 2.29. The van der Waals surface area contributed by atoms with Crippen LogP contribution >= 0.6 is 15.9 Å². The zero-order valence-electron chi connectivity index (χ0n) is 14.9. The minimum Gasteiger partial charge on any atom is -0.489 e. The predicted octanol–water partition coefficient (Wildman–Crippen LogP) is 4.13. The van der Waals surface area contributed by atoms with E-state index in [2.05, 4.69) is 39.4 Å². The Morgan fingerprint density at radius 2 is 2.00 bits per heavy atom. The summed E-state index contributed by atoms with van der Waals surface area (Å²) < 4.78 is 7.06. The topological polar surface area (TPSA) is 41.6 Å². The summed E-state index contributed by atoms with van der Waals surface area (Å²) >= 11 is 3.54. The molecule has 0 bridgehead atoms. The molecule has 0 atom stereocenters. The van der Waals surface area contributed by atoms with Crippen LogP contribution in [0.5, 0.6) is 5.75 Å². The second-order valence-electron chi connectivity index (χ2n) is 6.54. The average molecular weight is 417 g/mol. The van der Waals surface area contributed by atoms with E-state index in [1.807, 2.05) is 35.2 Å². The Morgan fingerprint density at radius 1 is 1.15 bits per heavy atom. The number of amides is 1. The third-order valence-electron chi connectivity index (χ3n) is 4.53. The van der Waals surface area contributed by atoms with E-state index in [-0.39, 0.29) is 0 Å². The van der Waals surface area contributed by atoms with Crippen LogP contribution < -0.4 is 10.1 Å². The van der Waals surface area contributed by atoms with E-state index in [4.69, 9.17) is 4.74 Å². The highest BCUT2D eigenvalue weighted by Gasteiger charge is 2.18. The molecule has 0 aliphatic carbocycles. The Labute approximate surface area is 163 Å². The molecule has 5 heteroatoms. The van der Waals surface area contributed by atoms with Crippen LogP contribution in [-0.4, -0.2) is 30.4 Å². The second-order valence-corrected chi connectivity index (χ2v) is 7.46. The van der Waals surface area contributed by atoms with Crippen molar-refractivity contribution in [3.8, 4) is 5.75 Å². The number of likely N-dealkylation sites (tertiary alicyclic amines) is 1. The van der Waals surface area contributed by atoms with Crippen LogP contribution in [0.1, 0.15) is 30.4 Å². The average Bonchev–Trinajstić information content (AvgIpc) is 3.06. The highest BCUT2D eigenvalue weighted by Crippen LogP contribution is 2.24. The van der Waals surface area contributed by atoms with E-state index in [1.165, 1.54) is 0 Å². The molecule has 0 saturated carbocycles. The van der Waals surface area contributed by atoms with Gasteiger partial charge in [0, 0.05) is 36.1 Å². The molecule has 1 amide bonds. The number of hydrogen-bond donors (Lipinski definition) is 1. The normalized spacial score (nSPS) is 14.0. The number of hydrogen-bond acceptors (Lipinski definition) is 3. The van der Waals surface area contributed by atoms with Gasteiger partial charge in [-0.1, -0.05) is 46.3 Å². The maximum atomic E-state index is 11.6. The van der Waals surface area contributed by atoms with Gasteiger partial charge < -0.3 is 15.0 Å². The SMILES string of the molecule is O=C1CCCN1CCCNCc1cc(Br)ccc1OCc1ccccc1. The van der Waals surface area contributed by atoms with Crippen LogP contribution in [-0.2, 0) is 17.9 Å². The summed E-state index contributed by atoms with van der Waals surface area (Å²) in [6, 6.07) is 16.3. The number of nitrogens with one attached hydrogen (secondary N) is 1. The van der Waals surface area contributed by atoms with Gasteiger partial charge in [-0.2, -0.15) is 0 Å². The van der Waals surface area contributed by atoms with Gasteiger partial charge in [0.1, 0.15) is 12.4 Å². The zero-order chi connectivity index (χ0) is 18.2. The molecule has 1 fully saturated rings.